The van der Waals surface area contributed by atoms with Gasteiger partial charge in [-0.15, -0.1) is 0 Å². The van der Waals surface area contributed by atoms with Crippen LogP contribution in [0.15, 0.2) is 60.9 Å². The van der Waals surface area contributed by atoms with Crippen LogP contribution in [-0.4, -0.2) is 60.4 Å². The Morgan fingerprint density at radius 2 is 1.41 bits per heavy atom. The van der Waals surface area contributed by atoms with Gasteiger partial charge in [0, 0.05) is 13.0 Å². The lowest BCUT2D eigenvalue weighted by Crippen LogP contribution is -2.49. The summed E-state index contributed by atoms with van der Waals surface area (Å²) in [6, 6.07) is 15.2. The number of nitrogens with one attached hydrogen (secondary N) is 4. The Hall–Kier alpha value is -4.93. The second kappa shape index (κ2) is 14.0. The molecule has 11 nitrogen and oxygen atoms in total. The third kappa shape index (κ3) is 7.47. The first-order valence-corrected chi connectivity index (χ1v) is 15.9. The number of rotatable bonds is 11. The fourth-order valence-electron chi connectivity index (χ4n) is 5.90. The average Bonchev–Trinajstić information content (AvgIpc) is 3.80. The van der Waals surface area contributed by atoms with Crippen molar-refractivity contribution in [2.45, 2.75) is 72.0 Å². The highest BCUT2D eigenvalue weighted by Gasteiger charge is 2.32. The van der Waals surface area contributed by atoms with E-state index in [2.05, 4.69) is 80.8 Å². The van der Waals surface area contributed by atoms with Gasteiger partial charge < -0.3 is 30.6 Å². The van der Waals surface area contributed by atoms with Crippen LogP contribution in [0.25, 0.3) is 33.6 Å². The van der Waals surface area contributed by atoms with Crippen LogP contribution < -0.4 is 10.6 Å². The number of carbonyl (C=O) groups is 3. The number of amides is 3. The van der Waals surface area contributed by atoms with Crippen LogP contribution in [0.3, 0.4) is 0 Å². The summed E-state index contributed by atoms with van der Waals surface area (Å²) < 4.78 is 0. The highest BCUT2D eigenvalue weighted by Crippen LogP contribution is 2.33. The molecule has 5 rings (SSSR count). The highest BCUT2D eigenvalue weighted by atomic mass is 16.4. The summed E-state index contributed by atoms with van der Waals surface area (Å²) in [5.41, 5.74) is 5.86. The summed E-state index contributed by atoms with van der Waals surface area (Å²) in [5.74, 6) is 1.34. The molecule has 2 aromatic heterocycles. The molecule has 4 aromatic rings. The van der Waals surface area contributed by atoms with Gasteiger partial charge >= 0.3 is 6.09 Å². The molecule has 3 heterocycles. The number of hydrogen-bond acceptors (Lipinski definition) is 5. The van der Waals surface area contributed by atoms with E-state index in [-0.39, 0.29) is 17.9 Å². The van der Waals surface area contributed by atoms with E-state index >= 15 is 0 Å². The number of hydrogen-bond donors (Lipinski definition) is 5. The quantitative estimate of drug-likeness (QED) is 0.131. The van der Waals surface area contributed by atoms with Crippen molar-refractivity contribution in [3.63, 3.8) is 0 Å². The minimum absolute atomic E-state index is 0.00375. The van der Waals surface area contributed by atoms with Gasteiger partial charge in [0.1, 0.15) is 17.7 Å². The molecule has 1 fully saturated rings. The largest absolute Gasteiger partial charge is 0.465 e. The van der Waals surface area contributed by atoms with E-state index in [1.54, 1.807) is 27.0 Å². The van der Waals surface area contributed by atoms with Crippen LogP contribution in [0.4, 0.5) is 4.79 Å². The van der Waals surface area contributed by atoms with Gasteiger partial charge in [0.25, 0.3) is 0 Å². The molecule has 0 saturated carbocycles. The molecule has 5 N–H and O–H groups in total. The predicted molar refractivity (Wildman–Crippen MR) is 177 cm³/mol. The van der Waals surface area contributed by atoms with Crippen molar-refractivity contribution in [3.8, 4) is 33.6 Å². The number of H-pyrrole nitrogens is 2. The lowest BCUT2D eigenvalue weighted by molar-refractivity contribution is -0.133. The summed E-state index contributed by atoms with van der Waals surface area (Å²) >= 11 is 0. The zero-order chi connectivity index (χ0) is 33.0. The van der Waals surface area contributed by atoms with Crippen LogP contribution >= 0.6 is 0 Å². The molecule has 242 valence electrons. The SMILES string of the molecule is CC(C)CC(=O)N1CCC[C@H]1c1ncc(-c2ccc(-c3ccc(-c4cnc([C@@H](C)NC(=O)[C@@H](NC(=O)O)C(C)C)[nH]4)cc3)cc2)[nH]1. The molecule has 3 amide bonds. The van der Waals surface area contributed by atoms with Gasteiger partial charge in [-0.25, -0.2) is 14.8 Å². The minimum atomic E-state index is -1.24. The molecule has 1 aliphatic heterocycles. The van der Waals surface area contributed by atoms with E-state index < -0.39 is 24.1 Å². The molecule has 0 radical (unpaired) electrons. The summed E-state index contributed by atoms with van der Waals surface area (Å²) in [5, 5.41) is 14.2. The van der Waals surface area contributed by atoms with E-state index in [1.807, 2.05) is 23.2 Å². The molecule has 0 bridgehead atoms. The summed E-state index contributed by atoms with van der Waals surface area (Å²) in [6.45, 7) is 10.3. The first-order valence-electron chi connectivity index (χ1n) is 15.9. The van der Waals surface area contributed by atoms with Crippen molar-refractivity contribution < 1.29 is 19.5 Å². The molecule has 46 heavy (non-hydrogen) atoms. The molecule has 0 unspecified atom stereocenters. The van der Waals surface area contributed by atoms with Crippen molar-refractivity contribution in [1.82, 2.24) is 35.5 Å². The third-order valence-corrected chi connectivity index (χ3v) is 8.38. The fraction of sp³-hybridized carbons (Fsp3) is 0.400. The highest BCUT2D eigenvalue weighted by molar-refractivity contribution is 5.85. The maximum absolute atomic E-state index is 12.8. The number of aromatic amines is 2. The van der Waals surface area contributed by atoms with Gasteiger partial charge in [-0.05, 0) is 53.9 Å². The van der Waals surface area contributed by atoms with Crippen molar-refractivity contribution in [2.24, 2.45) is 11.8 Å². The van der Waals surface area contributed by atoms with Gasteiger partial charge in [-0.3, -0.25) is 9.59 Å². The Morgan fingerprint density at radius 3 is 1.98 bits per heavy atom. The molecular weight excluding hydrogens is 582 g/mol. The summed E-state index contributed by atoms with van der Waals surface area (Å²) in [7, 11) is 0. The van der Waals surface area contributed by atoms with Crippen molar-refractivity contribution in [3.05, 3.63) is 72.6 Å². The van der Waals surface area contributed by atoms with E-state index in [0.29, 0.717) is 18.2 Å². The Morgan fingerprint density at radius 1 is 0.848 bits per heavy atom. The van der Waals surface area contributed by atoms with Gasteiger partial charge in [0.2, 0.25) is 11.8 Å². The predicted octanol–water partition coefficient (Wildman–Crippen LogP) is 6.31. The first kappa shape index (κ1) is 32.5. The van der Waals surface area contributed by atoms with Crippen molar-refractivity contribution in [2.75, 3.05) is 6.54 Å². The van der Waals surface area contributed by atoms with Gasteiger partial charge in [-0.1, -0.05) is 76.2 Å². The zero-order valence-electron chi connectivity index (χ0n) is 27.0. The molecule has 1 saturated heterocycles. The van der Waals surface area contributed by atoms with Crippen LogP contribution in [0.5, 0.6) is 0 Å². The maximum Gasteiger partial charge on any atom is 0.405 e. The standard InChI is InChI=1S/C35H43N7O4/c1-20(2)17-30(43)42-16-6-7-29(42)33-37-19-28(40-33)26-14-10-24(11-15-26)23-8-12-25(13-9-23)27-18-36-32(39-27)22(5)38-34(44)31(21(3)4)41-35(45)46/h8-15,18-22,29,31,41H,6-7,16-17H2,1-5H3,(H,36,39)(H,37,40)(H,38,44)(H,45,46)/t22-,29+,31+/m1/s1. The lowest BCUT2D eigenvalue weighted by atomic mass is 10.0. The van der Waals surface area contributed by atoms with E-state index in [0.717, 1.165) is 58.9 Å². The number of likely N-dealkylation sites (tertiary alicyclic amines) is 1. The van der Waals surface area contributed by atoms with Gasteiger partial charge in [0.05, 0.1) is 35.9 Å². The lowest BCUT2D eigenvalue weighted by Gasteiger charge is -2.24. The van der Waals surface area contributed by atoms with Crippen LogP contribution in [-0.2, 0) is 9.59 Å². The molecular formula is C35H43N7O4. The number of aromatic nitrogens is 4. The number of carboxylic acid groups (broad SMARTS) is 1. The zero-order valence-corrected chi connectivity index (χ0v) is 27.0. The Bertz CT molecular complexity index is 1660. The Kier molecular flexibility index (Phi) is 9.89. The Labute approximate surface area is 269 Å². The van der Waals surface area contributed by atoms with Crippen LogP contribution in [0.2, 0.25) is 0 Å². The number of benzene rings is 2. The minimum Gasteiger partial charge on any atom is -0.465 e. The molecule has 2 aromatic carbocycles. The monoisotopic (exact) mass is 625 g/mol. The van der Waals surface area contributed by atoms with Crippen molar-refractivity contribution in [1.29, 1.82) is 0 Å². The van der Waals surface area contributed by atoms with E-state index in [1.165, 1.54) is 0 Å². The third-order valence-electron chi connectivity index (χ3n) is 8.38. The molecule has 0 aliphatic carbocycles. The van der Waals surface area contributed by atoms with E-state index in [9.17, 15) is 14.4 Å². The van der Waals surface area contributed by atoms with E-state index in [4.69, 9.17) is 5.11 Å². The molecule has 3 atom stereocenters. The molecule has 1 aliphatic rings. The number of nitrogens with zero attached hydrogens (tertiary/aromatic N) is 3. The molecule has 0 spiro atoms. The smallest absolute Gasteiger partial charge is 0.405 e. The first-order chi connectivity index (χ1) is 22.0. The normalized spacial score (nSPS) is 16.1. The van der Waals surface area contributed by atoms with Crippen LogP contribution in [0.1, 0.15) is 77.6 Å². The number of imidazole rings is 2. The second-order valence-electron chi connectivity index (χ2n) is 12.8. The Balaban J connectivity index is 1.22. The maximum atomic E-state index is 12.8. The van der Waals surface area contributed by atoms with Gasteiger partial charge in [-0.2, -0.15) is 0 Å². The van der Waals surface area contributed by atoms with Crippen molar-refractivity contribution >= 4 is 17.9 Å². The fourth-order valence-corrected chi connectivity index (χ4v) is 5.90. The topological polar surface area (TPSA) is 156 Å². The summed E-state index contributed by atoms with van der Waals surface area (Å²) in [4.78, 5) is 54.4. The second-order valence-corrected chi connectivity index (χ2v) is 12.8. The van der Waals surface area contributed by atoms with Gasteiger partial charge in [0.15, 0.2) is 0 Å². The van der Waals surface area contributed by atoms with Crippen LogP contribution in [0, 0.1) is 11.8 Å². The average molecular weight is 626 g/mol. The molecule has 11 heteroatoms. The number of carbonyl (C=O) groups excluding carboxylic acids is 2. The summed E-state index contributed by atoms with van der Waals surface area (Å²) in [6.07, 6.45) is 4.80.